The van der Waals surface area contributed by atoms with Gasteiger partial charge in [0.2, 0.25) is 0 Å². The molecule has 0 spiro atoms. The first kappa shape index (κ1) is 11.3. The number of phenols is 1. The molecule has 0 aromatic heterocycles. The first-order valence-electron chi connectivity index (χ1n) is 5.72. The van der Waals surface area contributed by atoms with Crippen LogP contribution in [0.1, 0.15) is 0 Å². The van der Waals surface area contributed by atoms with Crippen molar-refractivity contribution in [1.29, 1.82) is 0 Å². The van der Waals surface area contributed by atoms with Crippen molar-refractivity contribution in [3.63, 3.8) is 0 Å². The van der Waals surface area contributed by atoms with Crippen molar-refractivity contribution in [2.24, 2.45) is 0 Å². The molecule has 0 saturated carbocycles. The van der Waals surface area contributed by atoms with Gasteiger partial charge in [-0.05, 0) is 50.0 Å². The van der Waals surface area contributed by atoms with Crippen LogP contribution in [0.25, 0.3) is 21.9 Å². The number of fused-ring (bicyclic) bond motifs is 1. The minimum absolute atomic E-state index is 0.288. The molecule has 0 aliphatic rings. The Bertz CT molecular complexity index is 702. The highest BCUT2D eigenvalue weighted by molar-refractivity contribution is 9.10. The number of aromatic hydroxyl groups is 1. The van der Waals surface area contributed by atoms with Gasteiger partial charge in [-0.25, -0.2) is 0 Å². The average molecular weight is 299 g/mol. The molecule has 0 amide bonds. The number of rotatable bonds is 1. The van der Waals surface area contributed by atoms with Crippen LogP contribution in [0.15, 0.2) is 65.1 Å². The molecular weight excluding hydrogens is 288 g/mol. The third kappa shape index (κ3) is 1.89. The number of phenolic OH excluding ortho intramolecular Hbond substituents is 1. The molecule has 1 N–H and O–H groups in total. The molecule has 0 radical (unpaired) electrons. The van der Waals surface area contributed by atoms with E-state index in [1.165, 1.54) is 10.8 Å². The Hall–Kier alpha value is -1.80. The van der Waals surface area contributed by atoms with E-state index < -0.39 is 0 Å². The van der Waals surface area contributed by atoms with E-state index in [0.29, 0.717) is 0 Å². The Morgan fingerprint density at radius 3 is 2.28 bits per heavy atom. The third-order valence-electron chi connectivity index (χ3n) is 3.04. The van der Waals surface area contributed by atoms with Crippen LogP contribution in [-0.2, 0) is 0 Å². The van der Waals surface area contributed by atoms with Gasteiger partial charge in [-0.15, -0.1) is 0 Å². The smallest absolute Gasteiger partial charge is 0.115 e. The molecule has 1 nitrogen and oxygen atoms in total. The number of benzene rings is 3. The maximum Gasteiger partial charge on any atom is 0.115 e. The van der Waals surface area contributed by atoms with E-state index in [-0.39, 0.29) is 5.75 Å². The van der Waals surface area contributed by atoms with E-state index in [1.54, 1.807) is 12.1 Å². The average Bonchev–Trinajstić information content (AvgIpc) is 2.41. The maximum absolute atomic E-state index is 9.33. The molecule has 18 heavy (non-hydrogen) atoms. The van der Waals surface area contributed by atoms with Gasteiger partial charge in [-0.1, -0.05) is 48.5 Å². The minimum atomic E-state index is 0.288. The molecule has 0 atom stereocenters. The monoisotopic (exact) mass is 298 g/mol. The predicted molar refractivity (Wildman–Crippen MR) is 78.7 cm³/mol. The lowest BCUT2D eigenvalue weighted by molar-refractivity contribution is 0.475. The molecule has 3 aromatic carbocycles. The fourth-order valence-electron chi connectivity index (χ4n) is 2.10. The van der Waals surface area contributed by atoms with Gasteiger partial charge in [-0.2, -0.15) is 0 Å². The van der Waals surface area contributed by atoms with E-state index in [2.05, 4.69) is 40.2 Å². The zero-order chi connectivity index (χ0) is 12.5. The minimum Gasteiger partial charge on any atom is -0.508 e. The summed E-state index contributed by atoms with van der Waals surface area (Å²) in [5, 5.41) is 11.7. The molecule has 2 heteroatoms. The van der Waals surface area contributed by atoms with E-state index >= 15 is 0 Å². The summed E-state index contributed by atoms with van der Waals surface area (Å²) in [7, 11) is 0. The van der Waals surface area contributed by atoms with Crippen molar-refractivity contribution >= 4 is 26.7 Å². The van der Waals surface area contributed by atoms with Gasteiger partial charge in [0, 0.05) is 4.47 Å². The molecule has 0 unspecified atom stereocenters. The van der Waals surface area contributed by atoms with Crippen molar-refractivity contribution < 1.29 is 5.11 Å². The highest BCUT2D eigenvalue weighted by Crippen LogP contribution is 2.34. The van der Waals surface area contributed by atoms with Crippen LogP contribution in [0.5, 0.6) is 5.75 Å². The van der Waals surface area contributed by atoms with Crippen molar-refractivity contribution in [3.8, 4) is 16.9 Å². The topological polar surface area (TPSA) is 20.2 Å². The van der Waals surface area contributed by atoms with Crippen LogP contribution in [0.2, 0.25) is 0 Å². The molecule has 0 saturated heterocycles. The Labute approximate surface area is 114 Å². The molecule has 3 aromatic rings. The third-order valence-corrected chi connectivity index (χ3v) is 3.90. The summed E-state index contributed by atoms with van der Waals surface area (Å²) in [6.45, 7) is 0. The van der Waals surface area contributed by atoms with E-state index in [4.69, 9.17) is 0 Å². The van der Waals surface area contributed by atoms with E-state index in [1.807, 2.05) is 24.3 Å². The van der Waals surface area contributed by atoms with Crippen molar-refractivity contribution in [2.45, 2.75) is 0 Å². The van der Waals surface area contributed by atoms with Crippen LogP contribution >= 0.6 is 15.9 Å². The number of halogens is 1. The number of hydrogen-bond donors (Lipinski definition) is 1. The van der Waals surface area contributed by atoms with Gasteiger partial charge in [0.1, 0.15) is 5.75 Å². The molecule has 0 aliphatic heterocycles. The van der Waals surface area contributed by atoms with Crippen molar-refractivity contribution in [3.05, 3.63) is 65.1 Å². The zero-order valence-electron chi connectivity index (χ0n) is 9.60. The van der Waals surface area contributed by atoms with E-state index in [9.17, 15) is 5.11 Å². The van der Waals surface area contributed by atoms with Gasteiger partial charge >= 0.3 is 0 Å². The quantitative estimate of drug-likeness (QED) is 0.672. The second kappa shape index (κ2) is 4.46. The molecule has 0 aliphatic carbocycles. The first-order valence-corrected chi connectivity index (χ1v) is 6.51. The van der Waals surface area contributed by atoms with Crippen LogP contribution in [0.3, 0.4) is 0 Å². The molecule has 0 bridgehead atoms. The highest BCUT2D eigenvalue weighted by Gasteiger charge is 2.06. The van der Waals surface area contributed by atoms with Gasteiger partial charge < -0.3 is 5.11 Å². The summed E-state index contributed by atoms with van der Waals surface area (Å²) < 4.78 is 1.09. The summed E-state index contributed by atoms with van der Waals surface area (Å²) >= 11 is 3.67. The second-order valence-corrected chi connectivity index (χ2v) is 4.99. The lowest BCUT2D eigenvalue weighted by atomic mass is 10.0. The summed E-state index contributed by atoms with van der Waals surface area (Å²) in [5.41, 5.74) is 2.22. The standard InChI is InChI=1S/C16H11BrO/c17-16-14-4-2-1-3-11(14)7-10-15(16)12-5-8-13(18)9-6-12/h1-10,18H. The van der Waals surface area contributed by atoms with E-state index in [0.717, 1.165) is 15.6 Å². The summed E-state index contributed by atoms with van der Waals surface area (Å²) in [6, 6.07) is 19.7. The largest absolute Gasteiger partial charge is 0.508 e. The Morgan fingerprint density at radius 2 is 1.50 bits per heavy atom. The van der Waals surface area contributed by atoms with Gasteiger partial charge in [-0.3, -0.25) is 0 Å². The van der Waals surface area contributed by atoms with Crippen molar-refractivity contribution in [1.82, 2.24) is 0 Å². The second-order valence-electron chi connectivity index (χ2n) is 4.20. The lowest BCUT2D eigenvalue weighted by Crippen LogP contribution is -1.82. The fraction of sp³-hybridized carbons (Fsp3) is 0. The molecule has 3 rings (SSSR count). The summed E-state index contributed by atoms with van der Waals surface area (Å²) in [4.78, 5) is 0. The van der Waals surface area contributed by atoms with Crippen LogP contribution < -0.4 is 0 Å². The van der Waals surface area contributed by atoms with Gasteiger partial charge in [0.25, 0.3) is 0 Å². The predicted octanol–water partition coefficient (Wildman–Crippen LogP) is 4.97. The van der Waals surface area contributed by atoms with Crippen molar-refractivity contribution in [2.75, 3.05) is 0 Å². The fourth-order valence-corrected chi connectivity index (χ4v) is 2.82. The Kier molecular flexibility index (Phi) is 2.80. The summed E-state index contributed by atoms with van der Waals surface area (Å²) in [5.74, 6) is 0.288. The first-order chi connectivity index (χ1) is 8.75. The number of hydrogen-bond acceptors (Lipinski definition) is 1. The molecular formula is C16H11BrO. The Balaban J connectivity index is 2.24. The van der Waals surface area contributed by atoms with Gasteiger partial charge in [0.15, 0.2) is 0 Å². The van der Waals surface area contributed by atoms with Crippen LogP contribution in [-0.4, -0.2) is 5.11 Å². The summed E-state index contributed by atoms with van der Waals surface area (Å²) in [6.07, 6.45) is 0. The normalized spacial score (nSPS) is 10.7. The van der Waals surface area contributed by atoms with Gasteiger partial charge in [0.05, 0.1) is 0 Å². The van der Waals surface area contributed by atoms with Crippen LogP contribution in [0.4, 0.5) is 0 Å². The molecule has 0 heterocycles. The zero-order valence-corrected chi connectivity index (χ0v) is 11.2. The lowest BCUT2D eigenvalue weighted by Gasteiger charge is -2.08. The molecule has 0 fully saturated rings. The van der Waals surface area contributed by atoms with Crippen LogP contribution in [0, 0.1) is 0 Å². The maximum atomic E-state index is 9.33. The SMILES string of the molecule is Oc1ccc(-c2ccc3ccccc3c2Br)cc1. The highest BCUT2D eigenvalue weighted by atomic mass is 79.9. The molecule has 88 valence electrons. The Morgan fingerprint density at radius 1 is 0.778 bits per heavy atom.